The van der Waals surface area contributed by atoms with E-state index in [1.165, 1.54) is 55.8 Å². The number of alkyl halides is 6. The molecule has 0 spiro atoms. The number of esters is 4. The van der Waals surface area contributed by atoms with E-state index >= 15 is 0 Å². The van der Waals surface area contributed by atoms with E-state index in [9.17, 15) is 19.2 Å². The maximum atomic E-state index is 12.5. The zero-order chi connectivity index (χ0) is 38.1. The molecule has 0 saturated carbocycles. The molecule has 50 heavy (non-hydrogen) atoms. The van der Waals surface area contributed by atoms with Crippen molar-refractivity contribution in [3.05, 3.63) is 59.7 Å². The molecule has 272 valence electrons. The molecule has 2 aliphatic rings. The van der Waals surface area contributed by atoms with E-state index in [0.717, 1.165) is 0 Å². The Labute approximate surface area is 318 Å². The SMILES string of the molecule is COc1ccc(C2=N[C@@](C)(C(=O)OC(C)(C)C(Cl)(Cl)Cl)C(=O)O2)cc1.COc1ccc(C2=N[C@@](C)(C(=O)OC(C)(C)C(Cl)(Cl)Cl)C(=O)O2)cc1. The molecule has 0 amide bonds. The highest BCUT2D eigenvalue weighted by Crippen LogP contribution is 2.42. The minimum absolute atomic E-state index is 0.00112. The summed E-state index contributed by atoms with van der Waals surface area (Å²) >= 11 is 34.8. The van der Waals surface area contributed by atoms with Crippen molar-refractivity contribution in [1.82, 2.24) is 0 Å². The molecule has 0 radical (unpaired) electrons. The number of methoxy groups -OCH3 is 2. The highest BCUT2D eigenvalue weighted by Gasteiger charge is 2.55. The molecule has 18 heteroatoms. The number of aliphatic imine (C=N–C) groups is 2. The van der Waals surface area contributed by atoms with E-state index in [2.05, 4.69) is 9.98 Å². The lowest BCUT2D eigenvalue weighted by molar-refractivity contribution is -0.168. The van der Waals surface area contributed by atoms with E-state index in [4.69, 9.17) is 98.0 Å². The Morgan fingerprint density at radius 2 is 0.880 bits per heavy atom. The molecule has 2 aliphatic heterocycles. The lowest BCUT2D eigenvalue weighted by Crippen LogP contribution is -2.49. The van der Waals surface area contributed by atoms with Gasteiger partial charge in [-0.15, -0.1) is 0 Å². The Morgan fingerprint density at radius 1 is 0.600 bits per heavy atom. The molecule has 4 rings (SSSR count). The maximum Gasteiger partial charge on any atom is 0.352 e. The van der Waals surface area contributed by atoms with Crippen LogP contribution >= 0.6 is 69.6 Å². The molecule has 0 aliphatic carbocycles. The van der Waals surface area contributed by atoms with Crippen LogP contribution in [0, 0.1) is 0 Å². The molecule has 0 N–H and O–H groups in total. The molecular formula is C32H32Cl6N2O10. The van der Waals surface area contributed by atoms with Gasteiger partial charge < -0.3 is 28.4 Å². The Balaban J connectivity index is 0.000000270. The van der Waals surface area contributed by atoms with Gasteiger partial charge in [-0.05, 0) is 90.1 Å². The summed E-state index contributed by atoms with van der Waals surface area (Å²) in [6.45, 7) is 8.21. The van der Waals surface area contributed by atoms with Crippen LogP contribution in [-0.2, 0) is 38.1 Å². The second kappa shape index (κ2) is 14.9. The molecule has 2 atom stereocenters. The van der Waals surface area contributed by atoms with Gasteiger partial charge in [-0.2, -0.15) is 0 Å². The molecular weight excluding hydrogens is 785 g/mol. The summed E-state index contributed by atoms with van der Waals surface area (Å²) in [5.74, 6) is -2.44. The average Bonchev–Trinajstić information content (AvgIpc) is 3.51. The van der Waals surface area contributed by atoms with Crippen molar-refractivity contribution in [2.75, 3.05) is 14.2 Å². The van der Waals surface area contributed by atoms with Gasteiger partial charge in [-0.25, -0.2) is 29.2 Å². The second-order valence-electron chi connectivity index (χ2n) is 12.0. The first-order valence-electron chi connectivity index (χ1n) is 14.3. The quantitative estimate of drug-likeness (QED) is 0.119. The number of hydrogen-bond acceptors (Lipinski definition) is 12. The summed E-state index contributed by atoms with van der Waals surface area (Å²) in [7, 11) is 3.06. The number of carbonyl (C=O) groups excluding carboxylic acids is 4. The van der Waals surface area contributed by atoms with Crippen molar-refractivity contribution in [3.8, 4) is 11.5 Å². The van der Waals surface area contributed by atoms with E-state index < -0.39 is 53.7 Å². The number of benzene rings is 2. The smallest absolute Gasteiger partial charge is 0.352 e. The number of cyclic esters (lactones) is 2. The van der Waals surface area contributed by atoms with Gasteiger partial charge in [0.05, 0.1) is 14.2 Å². The van der Waals surface area contributed by atoms with Gasteiger partial charge in [0.2, 0.25) is 19.4 Å². The minimum Gasteiger partial charge on any atom is -0.497 e. The van der Waals surface area contributed by atoms with Crippen LogP contribution in [0.4, 0.5) is 0 Å². The molecule has 0 aromatic heterocycles. The molecule has 2 heterocycles. The van der Waals surface area contributed by atoms with Gasteiger partial charge in [-0.3, -0.25) is 0 Å². The van der Waals surface area contributed by atoms with Crippen LogP contribution in [-0.4, -0.2) is 79.8 Å². The highest BCUT2D eigenvalue weighted by molar-refractivity contribution is 6.69. The van der Waals surface area contributed by atoms with Crippen molar-refractivity contribution in [3.63, 3.8) is 0 Å². The molecule has 0 saturated heterocycles. The van der Waals surface area contributed by atoms with Crippen molar-refractivity contribution in [2.24, 2.45) is 9.98 Å². The van der Waals surface area contributed by atoms with Crippen LogP contribution in [0.1, 0.15) is 52.7 Å². The first kappa shape index (κ1) is 41.4. The number of halogens is 6. The summed E-state index contributed by atoms with van der Waals surface area (Å²) in [5, 5.41) is 0. The molecule has 12 nitrogen and oxygen atoms in total. The number of nitrogens with zero attached hydrogens (tertiary/aromatic N) is 2. The zero-order valence-corrected chi connectivity index (χ0v) is 32.4. The fraction of sp³-hybridized carbons (Fsp3) is 0.438. The Morgan fingerprint density at radius 3 is 1.12 bits per heavy atom. The zero-order valence-electron chi connectivity index (χ0n) is 27.9. The van der Waals surface area contributed by atoms with Gasteiger partial charge >= 0.3 is 23.9 Å². The van der Waals surface area contributed by atoms with Crippen molar-refractivity contribution < 1.29 is 47.6 Å². The van der Waals surface area contributed by atoms with E-state index in [1.54, 1.807) is 48.5 Å². The molecule has 0 fully saturated rings. The van der Waals surface area contributed by atoms with Crippen LogP contribution in [0.5, 0.6) is 11.5 Å². The number of carbonyl (C=O) groups is 4. The summed E-state index contributed by atoms with van der Waals surface area (Å²) < 4.78 is 27.0. The number of ether oxygens (including phenoxy) is 6. The summed E-state index contributed by atoms with van der Waals surface area (Å²) in [4.78, 5) is 57.6. The first-order valence-corrected chi connectivity index (χ1v) is 16.6. The fourth-order valence-corrected chi connectivity index (χ4v) is 3.90. The molecule has 2 aromatic carbocycles. The maximum absolute atomic E-state index is 12.5. The second-order valence-corrected chi connectivity index (χ2v) is 16.6. The third-order valence-electron chi connectivity index (χ3n) is 7.35. The lowest BCUT2D eigenvalue weighted by Gasteiger charge is -2.33. The van der Waals surface area contributed by atoms with Crippen molar-refractivity contribution in [1.29, 1.82) is 0 Å². The van der Waals surface area contributed by atoms with Gasteiger partial charge in [0.25, 0.3) is 11.1 Å². The van der Waals surface area contributed by atoms with Crippen LogP contribution in [0.2, 0.25) is 0 Å². The summed E-state index contributed by atoms with van der Waals surface area (Å²) in [5.41, 5.74) is -5.71. The van der Waals surface area contributed by atoms with E-state index in [1.807, 2.05) is 0 Å². The Bertz CT molecular complexity index is 1570. The average molecular weight is 817 g/mol. The summed E-state index contributed by atoms with van der Waals surface area (Å²) in [6, 6.07) is 13.3. The lowest BCUT2D eigenvalue weighted by atomic mass is 10.0. The Kier molecular flexibility index (Phi) is 12.4. The predicted octanol–water partition coefficient (Wildman–Crippen LogP) is 6.90. The standard InChI is InChI=1S/2C16H16Cl3NO5/c2*1-14(2,16(17,18)19)25-13(22)15(3)12(21)24-11(20-15)9-5-7-10(23-4)8-6-9/h2*5-8H,1-4H3/t2*15-/m11/s1. The molecule has 0 bridgehead atoms. The fourth-order valence-electron chi connectivity index (χ4n) is 3.67. The van der Waals surface area contributed by atoms with Crippen molar-refractivity contribution in [2.45, 2.75) is 71.4 Å². The van der Waals surface area contributed by atoms with Crippen molar-refractivity contribution >= 4 is 105 Å². The van der Waals surface area contributed by atoms with Gasteiger partial charge in [0.1, 0.15) is 11.5 Å². The largest absolute Gasteiger partial charge is 0.497 e. The number of hydrogen-bond donors (Lipinski definition) is 0. The van der Waals surface area contributed by atoms with Gasteiger partial charge in [-0.1, -0.05) is 69.6 Å². The highest BCUT2D eigenvalue weighted by atomic mass is 35.6. The van der Waals surface area contributed by atoms with E-state index in [-0.39, 0.29) is 11.8 Å². The van der Waals surface area contributed by atoms with Gasteiger partial charge in [0.15, 0.2) is 11.2 Å². The van der Waals surface area contributed by atoms with Crippen LogP contribution in [0.15, 0.2) is 58.5 Å². The van der Waals surface area contributed by atoms with E-state index in [0.29, 0.717) is 22.6 Å². The third-order valence-corrected chi connectivity index (χ3v) is 10.1. The minimum atomic E-state index is -1.89. The monoisotopic (exact) mass is 814 g/mol. The third kappa shape index (κ3) is 8.89. The van der Waals surface area contributed by atoms with Crippen LogP contribution in [0.3, 0.4) is 0 Å². The predicted molar refractivity (Wildman–Crippen MR) is 189 cm³/mol. The van der Waals surface area contributed by atoms with Gasteiger partial charge in [0, 0.05) is 11.1 Å². The van der Waals surface area contributed by atoms with Crippen LogP contribution < -0.4 is 9.47 Å². The molecule has 0 unspecified atom stereocenters. The number of rotatable bonds is 8. The van der Waals surface area contributed by atoms with Crippen LogP contribution in [0.25, 0.3) is 0 Å². The summed E-state index contributed by atoms with van der Waals surface area (Å²) in [6.07, 6.45) is 0. The Hall–Kier alpha value is -3.00. The topological polar surface area (TPSA) is 148 Å². The normalized spacial score (nSPS) is 20.8. The molecule has 2 aromatic rings. The first-order chi connectivity index (χ1) is 22.8.